The molecular formula is C35H34N4OPt-2. The molecular weight excluding hydrogens is 687 g/mol. The fraction of sp³-hybridized carbons (Fsp3) is 0.257. The number of hydrogen-bond donors (Lipinski definition) is 0. The Hall–Kier alpha value is -3.69. The number of benzene rings is 3. The van der Waals surface area contributed by atoms with Gasteiger partial charge in [-0.2, -0.15) is 17.7 Å². The number of aromatic nitrogens is 4. The van der Waals surface area contributed by atoms with Crippen molar-refractivity contribution in [3.05, 3.63) is 109 Å². The van der Waals surface area contributed by atoms with Gasteiger partial charge in [0.25, 0.3) is 0 Å². The molecule has 6 heteroatoms. The Morgan fingerprint density at radius 1 is 0.805 bits per heavy atom. The normalized spacial score (nSPS) is 12.1. The summed E-state index contributed by atoms with van der Waals surface area (Å²) >= 11 is 0. The van der Waals surface area contributed by atoms with E-state index >= 15 is 0 Å². The van der Waals surface area contributed by atoms with Gasteiger partial charge in [0, 0.05) is 56.7 Å². The first-order valence-electron chi connectivity index (χ1n) is 13.6. The largest absolute Gasteiger partial charge is 0.510 e. The molecule has 0 N–H and O–H groups in total. The first-order valence-corrected chi connectivity index (χ1v) is 13.6. The Bertz CT molecular complexity index is 1870. The Kier molecular flexibility index (Phi) is 7.46. The zero-order chi connectivity index (χ0) is 28.2. The summed E-state index contributed by atoms with van der Waals surface area (Å²) in [5, 5.41) is 2.26. The molecule has 0 saturated heterocycles. The zero-order valence-corrected chi connectivity index (χ0v) is 26.8. The minimum Gasteiger partial charge on any atom is -0.510 e. The second-order valence-electron chi connectivity index (χ2n) is 12.4. The average molecular weight is 722 g/mol. The molecule has 3 heterocycles. The minimum absolute atomic E-state index is 0. The molecule has 41 heavy (non-hydrogen) atoms. The first kappa shape index (κ1) is 28.8. The molecule has 0 unspecified atom stereocenters. The van der Waals surface area contributed by atoms with Crippen molar-refractivity contribution in [3.8, 4) is 23.0 Å². The molecule has 0 aliphatic rings. The number of pyridine rings is 1. The monoisotopic (exact) mass is 721 g/mol. The second-order valence-corrected chi connectivity index (χ2v) is 12.4. The van der Waals surface area contributed by atoms with E-state index in [4.69, 9.17) is 9.72 Å². The van der Waals surface area contributed by atoms with Gasteiger partial charge in [-0.15, -0.1) is 29.7 Å². The van der Waals surface area contributed by atoms with Gasteiger partial charge in [-0.1, -0.05) is 70.9 Å². The first-order chi connectivity index (χ1) is 19.0. The van der Waals surface area contributed by atoms with Crippen LogP contribution in [0.4, 0.5) is 0 Å². The smallest absolute Gasteiger partial charge is 0.241 e. The van der Waals surface area contributed by atoms with Gasteiger partial charge in [0.1, 0.15) is 5.82 Å². The van der Waals surface area contributed by atoms with Crippen LogP contribution in [-0.2, 0) is 38.9 Å². The predicted octanol–water partition coefficient (Wildman–Crippen LogP) is 7.58. The maximum atomic E-state index is 6.48. The van der Waals surface area contributed by atoms with Gasteiger partial charge in [0.05, 0.1) is 7.05 Å². The summed E-state index contributed by atoms with van der Waals surface area (Å²) in [6.45, 7) is 13.3. The van der Waals surface area contributed by atoms with E-state index in [0.29, 0.717) is 11.5 Å². The summed E-state index contributed by atoms with van der Waals surface area (Å²) < 4.78 is 12.5. The predicted molar refractivity (Wildman–Crippen MR) is 160 cm³/mol. The number of ether oxygens (including phenoxy) is 1. The van der Waals surface area contributed by atoms with Gasteiger partial charge in [-0.05, 0) is 40.0 Å². The van der Waals surface area contributed by atoms with Gasteiger partial charge in [0.2, 0.25) is 6.33 Å². The van der Waals surface area contributed by atoms with Crippen LogP contribution in [0.2, 0.25) is 0 Å². The quantitative estimate of drug-likeness (QED) is 0.139. The summed E-state index contributed by atoms with van der Waals surface area (Å²) in [7, 11) is 1.96. The number of imidazole rings is 1. The van der Waals surface area contributed by atoms with E-state index in [1.807, 2.05) is 40.8 Å². The van der Waals surface area contributed by atoms with Crippen molar-refractivity contribution in [1.82, 2.24) is 14.1 Å². The van der Waals surface area contributed by atoms with Crippen LogP contribution in [0.1, 0.15) is 52.7 Å². The number of nitrogens with zero attached hydrogens (tertiary/aromatic N) is 4. The van der Waals surface area contributed by atoms with Crippen LogP contribution in [0.5, 0.6) is 11.5 Å². The van der Waals surface area contributed by atoms with Crippen LogP contribution in [0.25, 0.3) is 33.3 Å². The molecule has 0 atom stereocenters. The molecule has 212 valence electrons. The Labute approximate surface area is 256 Å². The third-order valence-electron chi connectivity index (χ3n) is 7.28. The standard InChI is InChI=1S/C35H34N4O.Pt/c1-34(2,3)24-14-15-36-33(20-24)39-31-11-9-8-10-29(31)30-13-12-27(22-32(30)39)40-28-19-25(35(4,5)6)18-26(21-28)38-17-16-37(7)23-38;/h8-20H,1-7H3;/q-2;. The molecule has 6 aromatic rings. The van der Waals surface area contributed by atoms with E-state index in [1.165, 1.54) is 5.56 Å². The molecule has 0 radical (unpaired) electrons. The van der Waals surface area contributed by atoms with Crippen LogP contribution < -0.4 is 9.30 Å². The molecule has 3 aromatic heterocycles. The van der Waals surface area contributed by atoms with Crippen LogP contribution >= 0.6 is 0 Å². The van der Waals surface area contributed by atoms with E-state index in [0.717, 1.165) is 38.9 Å². The zero-order valence-electron chi connectivity index (χ0n) is 24.5. The molecule has 3 aromatic carbocycles. The van der Waals surface area contributed by atoms with Gasteiger partial charge >= 0.3 is 0 Å². The Morgan fingerprint density at radius 2 is 1.56 bits per heavy atom. The molecule has 6 rings (SSSR count). The summed E-state index contributed by atoms with van der Waals surface area (Å²) in [5.74, 6) is 2.13. The van der Waals surface area contributed by atoms with E-state index in [-0.39, 0.29) is 31.9 Å². The molecule has 0 saturated carbocycles. The van der Waals surface area contributed by atoms with Gasteiger partial charge < -0.3 is 18.4 Å². The number of aryl methyl sites for hydroxylation is 1. The van der Waals surface area contributed by atoms with Crippen LogP contribution in [0.15, 0.2) is 79.3 Å². The van der Waals surface area contributed by atoms with Crippen LogP contribution in [0.3, 0.4) is 0 Å². The van der Waals surface area contributed by atoms with Gasteiger partial charge in [0.15, 0.2) is 0 Å². The van der Waals surface area contributed by atoms with Crippen molar-refractivity contribution in [2.45, 2.75) is 52.4 Å². The van der Waals surface area contributed by atoms with Crippen molar-refractivity contribution >= 4 is 21.8 Å². The van der Waals surface area contributed by atoms with Crippen molar-refractivity contribution in [2.75, 3.05) is 0 Å². The van der Waals surface area contributed by atoms with Gasteiger partial charge in [-0.25, -0.2) is 4.98 Å². The fourth-order valence-corrected chi connectivity index (χ4v) is 4.98. The van der Waals surface area contributed by atoms with Crippen molar-refractivity contribution < 1.29 is 30.4 Å². The SMILES string of the molecule is Cn1[c-][n+](-c2[c-]c(Oc3[c-]c4c(cc3)c3ccccc3n4-c3cc(C(C)(C)C)ccn3)cc(C(C)(C)C)c2)cc1.[Pt]. The Balaban J connectivity index is 0.00000337. The molecule has 0 aliphatic heterocycles. The maximum Gasteiger partial charge on any atom is 0.241 e. The van der Waals surface area contributed by atoms with E-state index < -0.39 is 0 Å². The third-order valence-corrected chi connectivity index (χ3v) is 7.28. The third kappa shape index (κ3) is 5.61. The number of para-hydroxylation sites is 1. The fourth-order valence-electron chi connectivity index (χ4n) is 4.98. The van der Waals surface area contributed by atoms with E-state index in [9.17, 15) is 0 Å². The average Bonchev–Trinajstić information content (AvgIpc) is 3.48. The van der Waals surface area contributed by atoms with Crippen molar-refractivity contribution in [2.24, 2.45) is 7.05 Å². The second kappa shape index (κ2) is 10.6. The topological polar surface area (TPSA) is 35.9 Å². The molecule has 5 nitrogen and oxygen atoms in total. The minimum atomic E-state index is -0.0683. The van der Waals surface area contributed by atoms with E-state index in [1.54, 1.807) is 0 Å². The maximum absolute atomic E-state index is 6.48. The molecule has 0 amide bonds. The Morgan fingerprint density at radius 3 is 2.27 bits per heavy atom. The number of fused-ring (bicyclic) bond motifs is 3. The van der Waals surface area contributed by atoms with Crippen LogP contribution in [0, 0.1) is 18.5 Å². The molecule has 0 bridgehead atoms. The van der Waals surface area contributed by atoms with Crippen molar-refractivity contribution in [1.29, 1.82) is 0 Å². The number of rotatable bonds is 4. The van der Waals surface area contributed by atoms with Crippen molar-refractivity contribution in [3.63, 3.8) is 0 Å². The summed E-state index contributed by atoms with van der Waals surface area (Å²) in [6.07, 6.45) is 9.09. The van der Waals surface area contributed by atoms with Gasteiger partial charge in [-0.3, -0.25) is 0 Å². The summed E-state index contributed by atoms with van der Waals surface area (Å²) in [5.41, 5.74) is 5.21. The summed E-state index contributed by atoms with van der Waals surface area (Å²) in [6, 6.07) is 28.0. The number of hydrogen-bond acceptors (Lipinski definition) is 2. The summed E-state index contributed by atoms with van der Waals surface area (Å²) in [4.78, 5) is 4.78. The van der Waals surface area contributed by atoms with Crippen LogP contribution in [-0.4, -0.2) is 14.1 Å². The molecule has 0 aliphatic carbocycles. The molecule has 0 fully saturated rings. The molecule has 0 spiro atoms. The van der Waals surface area contributed by atoms with E-state index in [2.05, 4.69) is 119 Å².